The first kappa shape index (κ1) is 753. The van der Waals surface area contributed by atoms with E-state index in [9.17, 15) is 0 Å². The summed E-state index contributed by atoms with van der Waals surface area (Å²) < 4.78 is 0. The molecule has 0 saturated heterocycles. The molecule has 0 bridgehead atoms. The molecule has 0 atom stereocenters. The second-order valence-corrected chi connectivity index (χ2v) is 0. The van der Waals surface area contributed by atoms with E-state index in [1.165, 1.54) is 0 Å². The summed E-state index contributed by atoms with van der Waals surface area (Å²) in [6, 6.07) is 0. The minimum atomic E-state index is 0. The van der Waals surface area contributed by atoms with Gasteiger partial charge >= 0.3 is 0 Å². The SMILES string of the molecule is N.N.N.N.N.N.[Cl-].[Cl-].[Cl-].[Ru]. The Bertz CT molecular complexity index is 13.0. The molecule has 0 aromatic rings. The maximum atomic E-state index is 0. The van der Waals surface area contributed by atoms with E-state index in [1.807, 2.05) is 0 Å². The average molecular weight is 310 g/mol. The summed E-state index contributed by atoms with van der Waals surface area (Å²) in [7, 11) is 0. The summed E-state index contributed by atoms with van der Waals surface area (Å²) in [5, 5.41) is 0. The minimum absolute atomic E-state index is 0. The molecule has 0 aliphatic carbocycles. The zero-order valence-electron chi connectivity index (χ0n) is 5.73. The van der Waals surface area contributed by atoms with E-state index in [-0.39, 0.29) is 93.6 Å². The molecule has 0 heterocycles. The van der Waals surface area contributed by atoms with Crippen LogP contribution in [-0.4, -0.2) is 0 Å². The van der Waals surface area contributed by atoms with Crippen LogP contribution >= 0.6 is 0 Å². The first-order valence-corrected chi connectivity index (χ1v) is 0. The Balaban J connectivity index is 0. The Morgan fingerprint density at radius 3 is 0.300 bits per heavy atom. The Hall–Kier alpha value is 1.25. The van der Waals surface area contributed by atoms with Crippen LogP contribution in [-0.2, 0) is 19.5 Å². The van der Waals surface area contributed by atoms with Crippen molar-refractivity contribution in [3.05, 3.63) is 0 Å². The predicted molar refractivity (Wildman–Crippen MR) is 30.1 cm³/mol. The monoisotopic (exact) mass is 309 g/mol. The summed E-state index contributed by atoms with van der Waals surface area (Å²) in [6.45, 7) is 0. The fourth-order valence-corrected chi connectivity index (χ4v) is 0. The quantitative estimate of drug-likeness (QED) is 0.239. The van der Waals surface area contributed by atoms with Gasteiger partial charge in [-0.25, -0.2) is 0 Å². The Kier molecular flexibility index (Phi) is 42100. The normalized spacial score (nSPS) is 0. The van der Waals surface area contributed by atoms with Gasteiger partial charge in [0.2, 0.25) is 0 Å². The van der Waals surface area contributed by atoms with Gasteiger partial charge in [-0.3, -0.25) is 0 Å². The molecule has 0 spiro atoms. The topological polar surface area (TPSA) is 210 Å². The molecule has 0 saturated carbocycles. The zero-order valence-corrected chi connectivity index (χ0v) is 9.74. The van der Waals surface area contributed by atoms with Crippen LogP contribution in [0, 0.1) is 0 Å². The van der Waals surface area contributed by atoms with Gasteiger partial charge in [-0.2, -0.15) is 0 Å². The van der Waals surface area contributed by atoms with Crippen molar-refractivity contribution in [2.45, 2.75) is 0 Å². The number of hydrogen-bond donors (Lipinski definition) is 6. The largest absolute Gasteiger partial charge is 1.00 e. The standard InChI is InChI=1S/3ClH.6H3N.Ru/h3*1H;6*1H3;/p-3. The maximum absolute atomic E-state index is 0. The van der Waals surface area contributed by atoms with Gasteiger partial charge in [0.05, 0.1) is 0 Å². The van der Waals surface area contributed by atoms with E-state index < -0.39 is 0 Å². The molecule has 10 heavy (non-hydrogen) atoms. The van der Waals surface area contributed by atoms with Crippen LogP contribution in [0.2, 0.25) is 0 Å². The Morgan fingerprint density at radius 1 is 0.300 bits per heavy atom. The van der Waals surface area contributed by atoms with Crippen molar-refractivity contribution in [2.24, 2.45) is 0 Å². The third-order valence-electron chi connectivity index (χ3n) is 0. The van der Waals surface area contributed by atoms with Gasteiger partial charge < -0.3 is 74.1 Å². The van der Waals surface area contributed by atoms with Gasteiger partial charge in [0, 0.05) is 19.5 Å². The van der Waals surface area contributed by atoms with Gasteiger partial charge in [0.25, 0.3) is 0 Å². The molecule has 6 nitrogen and oxygen atoms in total. The molecular formula is H18Cl3N6Ru-3. The van der Waals surface area contributed by atoms with Crippen molar-refractivity contribution in [1.29, 1.82) is 0 Å². The molecule has 0 fully saturated rings. The van der Waals surface area contributed by atoms with E-state index in [2.05, 4.69) is 0 Å². The fourth-order valence-electron chi connectivity index (χ4n) is 0. The van der Waals surface area contributed by atoms with E-state index in [0.29, 0.717) is 0 Å². The van der Waals surface area contributed by atoms with Gasteiger partial charge in [0.1, 0.15) is 0 Å². The average Bonchev–Trinajstić information content (AvgIpc) is 0. The van der Waals surface area contributed by atoms with E-state index in [1.54, 1.807) is 0 Å². The fraction of sp³-hybridized carbons (Fsp3) is 0. The first-order chi connectivity index (χ1) is 0. The van der Waals surface area contributed by atoms with Crippen molar-refractivity contribution in [3.8, 4) is 0 Å². The molecule has 0 aliphatic rings. The second-order valence-electron chi connectivity index (χ2n) is 0. The predicted octanol–water partition coefficient (Wildman–Crippen LogP) is -8.02. The van der Waals surface area contributed by atoms with Crippen LogP contribution in [0.4, 0.5) is 0 Å². The van der Waals surface area contributed by atoms with Crippen LogP contribution < -0.4 is 74.1 Å². The van der Waals surface area contributed by atoms with Gasteiger partial charge in [0.15, 0.2) is 0 Å². The van der Waals surface area contributed by atoms with Gasteiger partial charge in [-0.1, -0.05) is 0 Å². The van der Waals surface area contributed by atoms with Crippen LogP contribution in [0.25, 0.3) is 0 Å². The van der Waals surface area contributed by atoms with Crippen molar-refractivity contribution in [1.82, 2.24) is 36.9 Å². The Labute approximate surface area is 93.5 Å². The van der Waals surface area contributed by atoms with Crippen molar-refractivity contribution in [3.63, 3.8) is 0 Å². The molecule has 80 valence electrons. The van der Waals surface area contributed by atoms with Crippen LogP contribution in [0.3, 0.4) is 0 Å². The van der Waals surface area contributed by atoms with Crippen LogP contribution in [0.5, 0.6) is 0 Å². The maximum Gasteiger partial charge on any atom is 0 e. The molecule has 18 N–H and O–H groups in total. The smallest absolute Gasteiger partial charge is 0 e. The molecule has 10 heteroatoms. The molecule has 0 amide bonds. The molecular weight excluding hydrogens is 291 g/mol. The minimum Gasteiger partial charge on any atom is -1.00 e. The van der Waals surface area contributed by atoms with Crippen molar-refractivity contribution in [2.75, 3.05) is 0 Å². The first-order valence-electron chi connectivity index (χ1n) is 0. The molecule has 0 radical (unpaired) electrons. The third kappa shape index (κ3) is 401. The second kappa shape index (κ2) is 559. The number of rotatable bonds is 0. The molecule has 0 unspecified atom stereocenters. The number of hydrogen-bond acceptors (Lipinski definition) is 6. The van der Waals surface area contributed by atoms with E-state index in [4.69, 9.17) is 0 Å². The summed E-state index contributed by atoms with van der Waals surface area (Å²) >= 11 is 0. The summed E-state index contributed by atoms with van der Waals surface area (Å²) in [5.74, 6) is 0. The van der Waals surface area contributed by atoms with Crippen molar-refractivity contribution >= 4 is 0 Å². The van der Waals surface area contributed by atoms with E-state index in [0.717, 1.165) is 0 Å². The van der Waals surface area contributed by atoms with Gasteiger partial charge in [-0.05, 0) is 0 Å². The third-order valence-corrected chi connectivity index (χ3v) is 0. The molecule has 0 aliphatic heterocycles. The molecule has 0 rings (SSSR count). The Morgan fingerprint density at radius 2 is 0.300 bits per heavy atom. The summed E-state index contributed by atoms with van der Waals surface area (Å²) in [5.41, 5.74) is 0. The molecule has 0 aromatic carbocycles. The summed E-state index contributed by atoms with van der Waals surface area (Å²) in [4.78, 5) is 0. The number of halogens is 3. The van der Waals surface area contributed by atoms with Crippen LogP contribution in [0.1, 0.15) is 0 Å². The van der Waals surface area contributed by atoms with Crippen LogP contribution in [0.15, 0.2) is 0 Å². The molecule has 0 aromatic heterocycles. The van der Waals surface area contributed by atoms with E-state index >= 15 is 0 Å². The van der Waals surface area contributed by atoms with Gasteiger partial charge in [-0.15, -0.1) is 0 Å². The zero-order chi connectivity index (χ0) is 0. The summed E-state index contributed by atoms with van der Waals surface area (Å²) in [6.07, 6.45) is 0. The van der Waals surface area contributed by atoms with Crippen molar-refractivity contribution < 1.29 is 56.7 Å².